The van der Waals surface area contributed by atoms with Crippen molar-refractivity contribution in [1.82, 2.24) is 0 Å². The van der Waals surface area contributed by atoms with Gasteiger partial charge in [-0.3, -0.25) is 9.59 Å². The Kier molecular flexibility index (Phi) is 5.74. The fraction of sp³-hybridized carbons (Fsp3) is 0.0476. The van der Waals surface area contributed by atoms with E-state index < -0.39 is 5.91 Å². The zero-order valence-corrected chi connectivity index (χ0v) is 15.1. The number of anilines is 1. The lowest BCUT2D eigenvalue weighted by Crippen LogP contribution is -2.14. The maximum Gasteiger partial charge on any atom is 0.259 e. The van der Waals surface area contributed by atoms with Gasteiger partial charge in [0.15, 0.2) is 0 Å². The van der Waals surface area contributed by atoms with Gasteiger partial charge in [0.05, 0.1) is 5.56 Å². The maximum atomic E-state index is 12.6. The monoisotopic (exact) mass is 380 g/mol. The lowest BCUT2D eigenvalue weighted by Gasteiger charge is -2.12. The SMILES string of the molecule is NC(=O)c1ccc(NC(=O)c2ccccc2OCc2ccc(Cl)cc2)cc1. The summed E-state index contributed by atoms with van der Waals surface area (Å²) >= 11 is 5.88. The van der Waals surface area contributed by atoms with E-state index >= 15 is 0 Å². The minimum Gasteiger partial charge on any atom is -0.488 e. The number of carbonyl (C=O) groups is 2. The van der Waals surface area contributed by atoms with Crippen LogP contribution in [-0.2, 0) is 6.61 Å². The Morgan fingerprint density at radius 3 is 2.26 bits per heavy atom. The molecule has 0 fully saturated rings. The highest BCUT2D eigenvalue weighted by atomic mass is 35.5. The summed E-state index contributed by atoms with van der Waals surface area (Å²) in [6.07, 6.45) is 0. The molecule has 0 aliphatic rings. The predicted molar refractivity (Wildman–Crippen MR) is 105 cm³/mol. The van der Waals surface area contributed by atoms with Crippen LogP contribution in [0.2, 0.25) is 5.02 Å². The average Bonchev–Trinajstić information content (AvgIpc) is 2.68. The van der Waals surface area contributed by atoms with E-state index in [0.29, 0.717) is 34.2 Å². The molecule has 0 spiro atoms. The number of para-hydroxylation sites is 1. The van der Waals surface area contributed by atoms with E-state index in [2.05, 4.69) is 5.32 Å². The fourth-order valence-corrected chi connectivity index (χ4v) is 2.56. The Bertz CT molecular complexity index is 954. The molecular weight excluding hydrogens is 364 g/mol. The van der Waals surface area contributed by atoms with Crippen molar-refractivity contribution in [2.75, 3.05) is 5.32 Å². The smallest absolute Gasteiger partial charge is 0.259 e. The molecule has 27 heavy (non-hydrogen) atoms. The minimum absolute atomic E-state index is 0.312. The van der Waals surface area contributed by atoms with Crippen molar-refractivity contribution in [2.45, 2.75) is 6.61 Å². The standard InChI is InChI=1S/C21H17ClN2O3/c22-16-9-5-14(6-10-16)13-27-19-4-2-1-3-18(19)21(26)24-17-11-7-15(8-12-17)20(23)25/h1-12H,13H2,(H2,23,25)(H,24,26). The number of hydrogen-bond donors (Lipinski definition) is 2. The van der Waals surface area contributed by atoms with Crippen LogP contribution in [0.25, 0.3) is 0 Å². The van der Waals surface area contributed by atoms with Gasteiger partial charge in [0, 0.05) is 16.3 Å². The normalized spacial score (nSPS) is 10.3. The molecule has 3 aromatic rings. The van der Waals surface area contributed by atoms with Crippen LogP contribution in [0.1, 0.15) is 26.3 Å². The number of nitrogens with one attached hydrogen (secondary N) is 1. The molecule has 3 aromatic carbocycles. The summed E-state index contributed by atoms with van der Waals surface area (Å²) in [5, 5.41) is 3.44. The molecule has 0 aliphatic carbocycles. The molecule has 0 atom stereocenters. The van der Waals surface area contributed by atoms with Crippen LogP contribution in [0.4, 0.5) is 5.69 Å². The first-order valence-corrected chi connectivity index (χ1v) is 8.58. The van der Waals surface area contributed by atoms with E-state index in [1.54, 1.807) is 60.7 Å². The van der Waals surface area contributed by atoms with Gasteiger partial charge in [-0.15, -0.1) is 0 Å². The molecule has 0 saturated carbocycles. The number of hydrogen-bond acceptors (Lipinski definition) is 3. The summed E-state index contributed by atoms with van der Waals surface area (Å²) in [4.78, 5) is 23.7. The second-order valence-electron chi connectivity index (χ2n) is 5.81. The van der Waals surface area contributed by atoms with Crippen molar-refractivity contribution in [3.05, 3.63) is 94.5 Å². The number of carbonyl (C=O) groups excluding carboxylic acids is 2. The van der Waals surface area contributed by atoms with Crippen molar-refractivity contribution in [1.29, 1.82) is 0 Å². The highest BCUT2D eigenvalue weighted by Gasteiger charge is 2.13. The Hall–Kier alpha value is -3.31. The molecular formula is C21H17ClN2O3. The second-order valence-corrected chi connectivity index (χ2v) is 6.24. The number of primary amides is 1. The Labute approximate surface area is 161 Å². The van der Waals surface area contributed by atoms with Crippen LogP contribution in [-0.4, -0.2) is 11.8 Å². The zero-order chi connectivity index (χ0) is 19.2. The molecule has 0 saturated heterocycles. The zero-order valence-electron chi connectivity index (χ0n) is 14.3. The summed E-state index contributed by atoms with van der Waals surface area (Å²) < 4.78 is 5.81. The number of rotatable bonds is 6. The topological polar surface area (TPSA) is 81.4 Å². The summed E-state index contributed by atoms with van der Waals surface area (Å²) in [5.74, 6) is -0.360. The number of nitrogens with two attached hydrogens (primary N) is 1. The van der Waals surface area contributed by atoms with Gasteiger partial charge >= 0.3 is 0 Å². The van der Waals surface area contributed by atoms with Crippen LogP contribution in [0.5, 0.6) is 5.75 Å². The van der Waals surface area contributed by atoms with Gasteiger partial charge in [-0.2, -0.15) is 0 Å². The first-order chi connectivity index (χ1) is 13.0. The van der Waals surface area contributed by atoms with Gasteiger partial charge in [0.2, 0.25) is 5.91 Å². The van der Waals surface area contributed by atoms with E-state index in [9.17, 15) is 9.59 Å². The van der Waals surface area contributed by atoms with Crippen molar-refractivity contribution in [3.63, 3.8) is 0 Å². The number of amides is 2. The van der Waals surface area contributed by atoms with Crippen LogP contribution in [0, 0.1) is 0 Å². The van der Waals surface area contributed by atoms with E-state index in [1.165, 1.54) is 0 Å². The van der Waals surface area contributed by atoms with Gasteiger partial charge in [0.25, 0.3) is 5.91 Å². The quantitative estimate of drug-likeness (QED) is 0.670. The highest BCUT2D eigenvalue weighted by molar-refractivity contribution is 6.30. The number of ether oxygens (including phenoxy) is 1. The molecule has 3 rings (SSSR count). The number of halogens is 1. The van der Waals surface area contributed by atoms with Crippen molar-refractivity contribution >= 4 is 29.1 Å². The van der Waals surface area contributed by atoms with Crippen molar-refractivity contribution < 1.29 is 14.3 Å². The van der Waals surface area contributed by atoms with Crippen molar-refractivity contribution in [2.24, 2.45) is 5.73 Å². The molecule has 0 heterocycles. The van der Waals surface area contributed by atoms with Crippen LogP contribution >= 0.6 is 11.6 Å². The van der Waals surface area contributed by atoms with Gasteiger partial charge in [-0.05, 0) is 54.1 Å². The first kappa shape index (κ1) is 18.5. The lowest BCUT2D eigenvalue weighted by atomic mass is 10.1. The molecule has 0 aromatic heterocycles. The van der Waals surface area contributed by atoms with E-state index in [4.69, 9.17) is 22.1 Å². The molecule has 2 amide bonds. The largest absolute Gasteiger partial charge is 0.488 e. The molecule has 3 N–H and O–H groups in total. The minimum atomic E-state index is -0.520. The highest BCUT2D eigenvalue weighted by Crippen LogP contribution is 2.21. The summed E-state index contributed by atoms with van der Waals surface area (Å²) in [7, 11) is 0. The van der Waals surface area contributed by atoms with Crippen molar-refractivity contribution in [3.8, 4) is 5.75 Å². The lowest BCUT2D eigenvalue weighted by molar-refractivity contribution is 0.0997. The van der Waals surface area contributed by atoms with Crippen LogP contribution in [0.3, 0.4) is 0 Å². The first-order valence-electron chi connectivity index (χ1n) is 8.20. The summed E-state index contributed by atoms with van der Waals surface area (Å²) in [5.41, 5.74) is 7.49. The van der Waals surface area contributed by atoms with Gasteiger partial charge in [0.1, 0.15) is 12.4 Å². The molecule has 0 radical (unpaired) electrons. The summed E-state index contributed by atoms with van der Waals surface area (Å²) in [6, 6.07) is 20.6. The number of benzene rings is 3. The predicted octanol–water partition coefficient (Wildman–Crippen LogP) is 4.27. The summed E-state index contributed by atoms with van der Waals surface area (Å²) in [6.45, 7) is 0.314. The van der Waals surface area contributed by atoms with Gasteiger partial charge in [-0.25, -0.2) is 0 Å². The molecule has 0 aliphatic heterocycles. The third kappa shape index (κ3) is 4.86. The molecule has 5 nitrogen and oxygen atoms in total. The molecule has 136 valence electrons. The third-order valence-corrected chi connectivity index (χ3v) is 4.12. The van der Waals surface area contributed by atoms with Gasteiger partial charge < -0.3 is 15.8 Å². The maximum absolute atomic E-state index is 12.6. The average molecular weight is 381 g/mol. The Morgan fingerprint density at radius 2 is 1.59 bits per heavy atom. The molecule has 0 bridgehead atoms. The van der Waals surface area contributed by atoms with E-state index in [-0.39, 0.29) is 5.91 Å². The molecule has 6 heteroatoms. The van der Waals surface area contributed by atoms with E-state index in [1.807, 2.05) is 12.1 Å². The fourth-order valence-electron chi connectivity index (χ4n) is 2.44. The van der Waals surface area contributed by atoms with Crippen LogP contribution in [0.15, 0.2) is 72.8 Å². The molecule has 0 unspecified atom stereocenters. The Morgan fingerprint density at radius 1 is 0.926 bits per heavy atom. The van der Waals surface area contributed by atoms with Crippen LogP contribution < -0.4 is 15.8 Å². The van der Waals surface area contributed by atoms with Gasteiger partial charge in [-0.1, -0.05) is 35.9 Å². The van der Waals surface area contributed by atoms with E-state index in [0.717, 1.165) is 5.56 Å². The second kappa shape index (κ2) is 8.38. The third-order valence-electron chi connectivity index (χ3n) is 3.87. The Balaban J connectivity index is 1.71.